The van der Waals surface area contributed by atoms with Crippen LogP contribution < -0.4 is 15.8 Å². The van der Waals surface area contributed by atoms with Gasteiger partial charge in [0.2, 0.25) is 12.3 Å². The number of nitrogens with two attached hydrogens (primary N) is 1. The molecule has 0 aliphatic carbocycles. The number of carbonyl (C=O) groups is 3. The summed E-state index contributed by atoms with van der Waals surface area (Å²) in [5.41, 5.74) is 5.99. The number of hydrogen-bond acceptors (Lipinski definition) is 4. The molecule has 1 rings (SSSR count). The molecule has 7 nitrogen and oxygen atoms in total. The van der Waals surface area contributed by atoms with Gasteiger partial charge in [-0.1, -0.05) is 23.7 Å². The summed E-state index contributed by atoms with van der Waals surface area (Å²) < 4.78 is 5.67. The van der Waals surface area contributed by atoms with Gasteiger partial charge in [-0.2, -0.15) is 0 Å². The topological polar surface area (TPSA) is 119 Å². The molecule has 0 saturated carbocycles. The van der Waals surface area contributed by atoms with Gasteiger partial charge in [0.25, 0.3) is 0 Å². The van der Waals surface area contributed by atoms with E-state index in [1.807, 2.05) is 6.07 Å². The number of halogens is 1. The zero-order chi connectivity index (χ0) is 18.7. The number of amides is 2. The van der Waals surface area contributed by atoms with Gasteiger partial charge in [-0.3, -0.25) is 14.4 Å². The third-order valence-electron chi connectivity index (χ3n) is 3.61. The molecule has 0 fully saturated rings. The van der Waals surface area contributed by atoms with E-state index in [-0.39, 0.29) is 25.5 Å². The molecule has 4 N–H and O–H groups in total. The van der Waals surface area contributed by atoms with Crippen LogP contribution in [0.3, 0.4) is 0 Å². The number of primary amides is 1. The van der Waals surface area contributed by atoms with E-state index >= 15 is 0 Å². The Morgan fingerprint density at radius 1 is 1.32 bits per heavy atom. The first-order valence-corrected chi connectivity index (χ1v) is 8.41. The summed E-state index contributed by atoms with van der Waals surface area (Å²) in [6.07, 6.45) is 3.15. The Morgan fingerprint density at radius 2 is 2.08 bits per heavy atom. The number of carboxylic acids is 1. The number of benzene rings is 1. The van der Waals surface area contributed by atoms with Crippen molar-refractivity contribution in [2.24, 2.45) is 5.73 Å². The first-order valence-electron chi connectivity index (χ1n) is 8.04. The Kier molecular flexibility index (Phi) is 9.39. The third kappa shape index (κ3) is 8.39. The SMILES string of the molecule is NC(=O)CCC(COc1cccc(CCCCC(=O)O)c1Cl)NC=O. The number of ether oxygens (including phenoxy) is 1. The highest BCUT2D eigenvalue weighted by Crippen LogP contribution is 2.29. The van der Waals surface area contributed by atoms with Crippen molar-refractivity contribution in [2.75, 3.05) is 6.61 Å². The normalized spacial score (nSPS) is 11.6. The number of aryl methyl sites for hydroxylation is 1. The summed E-state index contributed by atoms with van der Waals surface area (Å²) in [7, 11) is 0. The van der Waals surface area contributed by atoms with Crippen LogP contribution in [-0.2, 0) is 20.8 Å². The quantitative estimate of drug-likeness (QED) is 0.362. The van der Waals surface area contributed by atoms with E-state index in [9.17, 15) is 14.4 Å². The van der Waals surface area contributed by atoms with Crippen molar-refractivity contribution < 1.29 is 24.2 Å². The fraction of sp³-hybridized carbons (Fsp3) is 0.471. The summed E-state index contributed by atoms with van der Waals surface area (Å²) in [4.78, 5) is 32.0. The van der Waals surface area contributed by atoms with Crippen molar-refractivity contribution in [1.82, 2.24) is 5.32 Å². The third-order valence-corrected chi connectivity index (χ3v) is 4.04. The van der Waals surface area contributed by atoms with Crippen LogP contribution in [0.2, 0.25) is 5.02 Å². The molecular formula is C17H23ClN2O5. The maximum Gasteiger partial charge on any atom is 0.303 e. The fourth-order valence-electron chi connectivity index (χ4n) is 2.27. The Balaban J connectivity index is 2.59. The molecule has 25 heavy (non-hydrogen) atoms. The molecule has 8 heteroatoms. The predicted molar refractivity (Wildman–Crippen MR) is 93.6 cm³/mol. The summed E-state index contributed by atoms with van der Waals surface area (Å²) >= 11 is 6.33. The lowest BCUT2D eigenvalue weighted by molar-refractivity contribution is -0.137. The van der Waals surface area contributed by atoms with E-state index in [0.29, 0.717) is 42.9 Å². The average Bonchev–Trinajstić information content (AvgIpc) is 2.56. The van der Waals surface area contributed by atoms with Gasteiger partial charge in [-0.05, 0) is 37.3 Å². The molecule has 1 unspecified atom stereocenters. The number of hydrogen-bond donors (Lipinski definition) is 3. The van der Waals surface area contributed by atoms with Gasteiger partial charge in [0.05, 0.1) is 11.1 Å². The number of rotatable bonds is 13. The molecule has 1 aromatic carbocycles. The summed E-state index contributed by atoms with van der Waals surface area (Å²) in [5.74, 6) is -0.777. The highest BCUT2D eigenvalue weighted by Gasteiger charge is 2.13. The average molecular weight is 371 g/mol. The van der Waals surface area contributed by atoms with Crippen LogP contribution in [0.4, 0.5) is 0 Å². The van der Waals surface area contributed by atoms with Crippen LogP contribution in [0.15, 0.2) is 18.2 Å². The van der Waals surface area contributed by atoms with Gasteiger partial charge in [-0.15, -0.1) is 0 Å². The van der Waals surface area contributed by atoms with E-state index in [1.54, 1.807) is 12.1 Å². The van der Waals surface area contributed by atoms with Gasteiger partial charge in [0, 0.05) is 12.8 Å². The molecule has 0 spiro atoms. The second-order valence-electron chi connectivity index (χ2n) is 5.63. The highest BCUT2D eigenvalue weighted by atomic mass is 35.5. The number of unbranched alkanes of at least 4 members (excludes halogenated alkanes) is 1. The van der Waals surface area contributed by atoms with Crippen molar-refractivity contribution in [2.45, 2.75) is 44.6 Å². The first-order chi connectivity index (χ1) is 11.9. The molecule has 1 aromatic rings. The molecule has 0 aliphatic rings. The van der Waals surface area contributed by atoms with Gasteiger partial charge >= 0.3 is 5.97 Å². The summed E-state index contributed by atoms with van der Waals surface area (Å²) in [6, 6.07) is 5.04. The maximum absolute atomic E-state index is 10.9. The molecule has 138 valence electrons. The van der Waals surface area contributed by atoms with Gasteiger partial charge in [0.15, 0.2) is 0 Å². The Morgan fingerprint density at radius 3 is 2.72 bits per heavy atom. The van der Waals surface area contributed by atoms with Crippen molar-refractivity contribution in [3.8, 4) is 5.75 Å². The Bertz CT molecular complexity index is 594. The highest BCUT2D eigenvalue weighted by molar-refractivity contribution is 6.32. The van der Waals surface area contributed by atoms with E-state index in [0.717, 1.165) is 5.56 Å². The van der Waals surface area contributed by atoms with E-state index in [1.165, 1.54) is 0 Å². The maximum atomic E-state index is 10.9. The second-order valence-corrected chi connectivity index (χ2v) is 6.01. The lowest BCUT2D eigenvalue weighted by Crippen LogP contribution is -2.34. The molecule has 0 heterocycles. The summed E-state index contributed by atoms with van der Waals surface area (Å²) in [5, 5.41) is 11.7. The van der Waals surface area contributed by atoms with Crippen molar-refractivity contribution in [3.63, 3.8) is 0 Å². The molecule has 0 aromatic heterocycles. The van der Waals surface area contributed by atoms with E-state index < -0.39 is 11.9 Å². The van der Waals surface area contributed by atoms with Crippen molar-refractivity contribution in [1.29, 1.82) is 0 Å². The predicted octanol–water partition coefficient (Wildman–Crippen LogP) is 1.90. The van der Waals surface area contributed by atoms with E-state index in [2.05, 4.69) is 5.32 Å². The number of carbonyl (C=O) groups excluding carboxylic acids is 2. The molecule has 2 amide bonds. The van der Waals surface area contributed by atoms with Crippen LogP contribution in [0.1, 0.15) is 37.7 Å². The fourth-order valence-corrected chi connectivity index (χ4v) is 2.55. The van der Waals surface area contributed by atoms with Crippen LogP contribution in [0.25, 0.3) is 0 Å². The van der Waals surface area contributed by atoms with Crippen LogP contribution in [0, 0.1) is 0 Å². The molecule has 0 saturated heterocycles. The molecular weight excluding hydrogens is 348 g/mol. The van der Waals surface area contributed by atoms with Crippen LogP contribution in [-0.4, -0.2) is 36.0 Å². The minimum absolute atomic E-state index is 0.132. The number of aliphatic carboxylic acids is 1. The van der Waals surface area contributed by atoms with Gasteiger partial charge in [0.1, 0.15) is 12.4 Å². The van der Waals surface area contributed by atoms with Crippen LogP contribution in [0.5, 0.6) is 5.75 Å². The van der Waals surface area contributed by atoms with Crippen LogP contribution >= 0.6 is 11.6 Å². The minimum atomic E-state index is -0.812. The lowest BCUT2D eigenvalue weighted by atomic mass is 10.1. The standard InChI is InChI=1S/C17H23ClN2O5/c18-17-12(4-1-2-7-16(23)24)5-3-6-14(17)25-10-13(20-11-21)8-9-15(19)22/h3,5-6,11,13H,1-2,4,7-10H2,(H2,19,22)(H,20,21)(H,23,24). The Labute approximate surface area is 151 Å². The number of carboxylic acid groups (broad SMARTS) is 1. The minimum Gasteiger partial charge on any atom is -0.490 e. The zero-order valence-electron chi connectivity index (χ0n) is 13.9. The molecule has 0 bridgehead atoms. The molecule has 0 radical (unpaired) electrons. The number of nitrogens with one attached hydrogen (secondary N) is 1. The second kappa shape index (κ2) is 11.3. The molecule has 1 atom stereocenters. The van der Waals surface area contributed by atoms with Crippen molar-refractivity contribution in [3.05, 3.63) is 28.8 Å². The zero-order valence-corrected chi connectivity index (χ0v) is 14.6. The van der Waals surface area contributed by atoms with Gasteiger partial charge < -0.3 is 20.9 Å². The van der Waals surface area contributed by atoms with Gasteiger partial charge in [-0.25, -0.2) is 0 Å². The first kappa shape index (κ1) is 20.8. The monoisotopic (exact) mass is 370 g/mol. The van der Waals surface area contributed by atoms with E-state index in [4.69, 9.17) is 27.2 Å². The largest absolute Gasteiger partial charge is 0.490 e. The summed E-state index contributed by atoms with van der Waals surface area (Å²) in [6.45, 7) is 0.161. The smallest absolute Gasteiger partial charge is 0.303 e. The Hall–Kier alpha value is -2.28. The lowest BCUT2D eigenvalue weighted by Gasteiger charge is -2.17. The molecule has 0 aliphatic heterocycles. The van der Waals surface area contributed by atoms with Crippen molar-refractivity contribution >= 4 is 29.9 Å².